The van der Waals surface area contributed by atoms with Crippen LogP contribution >= 0.6 is 0 Å². The molecule has 0 aliphatic heterocycles. The van der Waals surface area contributed by atoms with Crippen LogP contribution in [0.2, 0.25) is 0 Å². The second kappa shape index (κ2) is 7.94. The quantitative estimate of drug-likeness (QED) is 0.774. The van der Waals surface area contributed by atoms with Crippen molar-refractivity contribution in [2.24, 2.45) is 0 Å². The van der Waals surface area contributed by atoms with E-state index in [-0.39, 0.29) is 5.56 Å². The first-order valence-electron chi connectivity index (χ1n) is 7.10. The molecule has 0 saturated heterocycles. The molecule has 108 valence electrons. The van der Waals surface area contributed by atoms with Crippen molar-refractivity contribution in [3.8, 4) is 0 Å². The number of hydrogen-bond donors (Lipinski definition) is 1. The van der Waals surface area contributed by atoms with Crippen molar-refractivity contribution in [2.45, 2.75) is 46.2 Å². The van der Waals surface area contributed by atoms with E-state index in [1.54, 1.807) is 12.3 Å². The van der Waals surface area contributed by atoms with Crippen molar-refractivity contribution in [3.63, 3.8) is 0 Å². The summed E-state index contributed by atoms with van der Waals surface area (Å²) in [6.45, 7) is 8.86. The molecule has 0 fully saturated rings. The van der Waals surface area contributed by atoms with Gasteiger partial charge in [-0.25, -0.2) is 4.68 Å². The maximum atomic E-state index is 12.0. The molecule has 1 atom stereocenters. The van der Waals surface area contributed by atoms with Gasteiger partial charge < -0.3 is 10.2 Å². The lowest BCUT2D eigenvalue weighted by Crippen LogP contribution is -2.30. The molecule has 5 heteroatoms. The molecule has 1 unspecified atom stereocenters. The molecule has 0 amide bonds. The topological polar surface area (TPSA) is 50.2 Å². The lowest BCUT2D eigenvalue weighted by Gasteiger charge is -2.18. The third-order valence-electron chi connectivity index (χ3n) is 3.18. The van der Waals surface area contributed by atoms with E-state index in [1.165, 1.54) is 4.68 Å². The van der Waals surface area contributed by atoms with Crippen molar-refractivity contribution >= 4 is 5.69 Å². The highest BCUT2D eigenvalue weighted by molar-refractivity contribution is 5.41. The first kappa shape index (κ1) is 15.7. The van der Waals surface area contributed by atoms with Gasteiger partial charge in [-0.3, -0.25) is 4.79 Å². The Morgan fingerprint density at radius 2 is 2.21 bits per heavy atom. The molecular formula is C14H26N4O. The van der Waals surface area contributed by atoms with Gasteiger partial charge in [0.2, 0.25) is 0 Å². The molecule has 19 heavy (non-hydrogen) atoms. The van der Waals surface area contributed by atoms with Gasteiger partial charge in [-0.2, -0.15) is 5.10 Å². The zero-order valence-electron chi connectivity index (χ0n) is 12.5. The summed E-state index contributed by atoms with van der Waals surface area (Å²) >= 11 is 0. The number of nitrogens with one attached hydrogen (secondary N) is 1. The van der Waals surface area contributed by atoms with Crippen LogP contribution in [-0.4, -0.2) is 36.0 Å². The predicted octanol–water partition coefficient (Wildman–Crippen LogP) is 1.48. The number of aromatic nitrogens is 2. The molecule has 1 rings (SSSR count). The highest BCUT2D eigenvalue weighted by Gasteiger charge is 2.05. The minimum atomic E-state index is -0.0239. The van der Waals surface area contributed by atoms with Gasteiger partial charge in [0.1, 0.15) is 0 Å². The van der Waals surface area contributed by atoms with Gasteiger partial charge in [-0.05, 0) is 26.3 Å². The van der Waals surface area contributed by atoms with Gasteiger partial charge in [-0.1, -0.05) is 13.8 Å². The third-order valence-corrected chi connectivity index (χ3v) is 3.18. The van der Waals surface area contributed by atoms with Crippen LogP contribution in [0.25, 0.3) is 0 Å². The fourth-order valence-electron chi connectivity index (χ4n) is 2.03. The third kappa shape index (κ3) is 5.03. The lowest BCUT2D eigenvalue weighted by atomic mass is 10.2. The minimum Gasteiger partial charge on any atom is -0.373 e. The Bertz CT molecular complexity index is 430. The molecule has 1 aromatic rings. The van der Waals surface area contributed by atoms with Crippen LogP contribution in [0.1, 0.15) is 33.6 Å². The van der Waals surface area contributed by atoms with E-state index >= 15 is 0 Å². The Hall–Kier alpha value is -1.36. The number of aryl methyl sites for hydroxylation is 1. The summed E-state index contributed by atoms with van der Waals surface area (Å²) in [6.07, 6.45) is 3.74. The fourth-order valence-corrected chi connectivity index (χ4v) is 2.03. The lowest BCUT2D eigenvalue weighted by molar-refractivity contribution is 0.456. The Morgan fingerprint density at radius 1 is 1.47 bits per heavy atom. The van der Waals surface area contributed by atoms with E-state index in [0.717, 1.165) is 31.6 Å². The number of rotatable bonds is 8. The maximum Gasteiger partial charge on any atom is 0.268 e. The minimum absolute atomic E-state index is 0.0239. The molecule has 0 radical (unpaired) electrons. The van der Waals surface area contributed by atoms with Gasteiger partial charge in [0.25, 0.3) is 5.56 Å². The molecule has 0 bridgehead atoms. The smallest absolute Gasteiger partial charge is 0.268 e. The highest BCUT2D eigenvalue weighted by atomic mass is 16.1. The normalized spacial score (nSPS) is 12.4. The molecule has 1 N–H and O–H groups in total. The van der Waals surface area contributed by atoms with E-state index in [1.807, 2.05) is 7.05 Å². The van der Waals surface area contributed by atoms with Crippen LogP contribution in [-0.2, 0) is 6.54 Å². The number of nitrogens with zero attached hydrogens (tertiary/aromatic N) is 3. The van der Waals surface area contributed by atoms with Crippen molar-refractivity contribution in [1.29, 1.82) is 0 Å². The average molecular weight is 266 g/mol. The maximum absolute atomic E-state index is 12.0. The summed E-state index contributed by atoms with van der Waals surface area (Å²) < 4.78 is 1.54. The largest absolute Gasteiger partial charge is 0.373 e. The molecule has 0 aliphatic carbocycles. The SMILES string of the molecule is CCCN(C)c1cnn(CCC(C)NCC)c(=O)c1. The van der Waals surface area contributed by atoms with Gasteiger partial charge >= 0.3 is 0 Å². The van der Waals surface area contributed by atoms with Gasteiger partial charge in [-0.15, -0.1) is 0 Å². The van der Waals surface area contributed by atoms with Crippen molar-refractivity contribution < 1.29 is 0 Å². The Labute approximate surface area is 115 Å². The van der Waals surface area contributed by atoms with Crippen LogP contribution in [0.15, 0.2) is 17.1 Å². The Balaban J connectivity index is 2.64. The monoisotopic (exact) mass is 266 g/mol. The van der Waals surface area contributed by atoms with Crippen molar-refractivity contribution in [3.05, 3.63) is 22.6 Å². The number of hydrogen-bond acceptors (Lipinski definition) is 4. The summed E-state index contributed by atoms with van der Waals surface area (Å²) in [7, 11) is 1.98. The van der Waals surface area contributed by atoms with E-state index in [9.17, 15) is 4.79 Å². The molecule has 0 aliphatic rings. The summed E-state index contributed by atoms with van der Waals surface area (Å²) in [6, 6.07) is 2.07. The molecule has 0 spiro atoms. The molecule has 1 aromatic heterocycles. The highest BCUT2D eigenvalue weighted by Crippen LogP contribution is 2.07. The zero-order valence-corrected chi connectivity index (χ0v) is 12.5. The average Bonchev–Trinajstić information content (AvgIpc) is 2.38. The zero-order chi connectivity index (χ0) is 14.3. The van der Waals surface area contributed by atoms with Crippen LogP contribution in [0.5, 0.6) is 0 Å². The molecule has 5 nitrogen and oxygen atoms in total. The molecule has 0 aromatic carbocycles. The number of anilines is 1. The molecule has 0 saturated carbocycles. The second-order valence-corrected chi connectivity index (χ2v) is 4.94. The first-order chi connectivity index (χ1) is 9.08. The molecular weight excluding hydrogens is 240 g/mol. The summed E-state index contributed by atoms with van der Waals surface area (Å²) in [5.41, 5.74) is 0.868. The van der Waals surface area contributed by atoms with E-state index in [4.69, 9.17) is 0 Å². The Kier molecular flexibility index (Phi) is 6.56. The van der Waals surface area contributed by atoms with Crippen LogP contribution in [0.4, 0.5) is 5.69 Å². The van der Waals surface area contributed by atoms with E-state index in [0.29, 0.717) is 12.6 Å². The van der Waals surface area contributed by atoms with Crippen molar-refractivity contribution in [2.75, 3.05) is 25.0 Å². The molecule has 1 heterocycles. The summed E-state index contributed by atoms with van der Waals surface area (Å²) in [5.74, 6) is 0. The second-order valence-electron chi connectivity index (χ2n) is 4.94. The van der Waals surface area contributed by atoms with Crippen molar-refractivity contribution in [1.82, 2.24) is 15.1 Å². The van der Waals surface area contributed by atoms with Crippen LogP contribution in [0.3, 0.4) is 0 Å². The predicted molar refractivity (Wildman–Crippen MR) is 79.8 cm³/mol. The van der Waals surface area contributed by atoms with E-state index < -0.39 is 0 Å². The van der Waals surface area contributed by atoms with Crippen LogP contribution in [0, 0.1) is 0 Å². The standard InChI is InChI=1S/C14H26N4O/c1-5-8-17(4)13-10-14(19)18(16-11-13)9-7-12(3)15-6-2/h10-12,15H,5-9H2,1-4H3. The van der Waals surface area contributed by atoms with Crippen LogP contribution < -0.4 is 15.8 Å². The van der Waals surface area contributed by atoms with E-state index in [2.05, 4.69) is 36.1 Å². The Morgan fingerprint density at radius 3 is 2.79 bits per heavy atom. The van der Waals surface area contributed by atoms with Gasteiger partial charge in [0.05, 0.1) is 11.9 Å². The van der Waals surface area contributed by atoms with Gasteiger partial charge in [0.15, 0.2) is 0 Å². The first-order valence-corrected chi connectivity index (χ1v) is 7.10. The summed E-state index contributed by atoms with van der Waals surface area (Å²) in [4.78, 5) is 14.0. The van der Waals surface area contributed by atoms with Gasteiger partial charge in [0, 0.05) is 32.2 Å². The summed E-state index contributed by atoms with van der Waals surface area (Å²) in [5, 5.41) is 7.58. The fraction of sp³-hybridized carbons (Fsp3) is 0.714.